The van der Waals surface area contributed by atoms with E-state index in [9.17, 15) is 9.59 Å². The molecule has 3 rings (SSSR count). The molecule has 2 aromatic heterocycles. The number of pyridine rings is 1. The number of piperidine rings is 1. The highest BCUT2D eigenvalue weighted by molar-refractivity contribution is 5.93. The largest absolute Gasteiger partial charge is 0.464 e. The van der Waals surface area contributed by atoms with Gasteiger partial charge in [0.25, 0.3) is 0 Å². The number of hydrogen-bond donors (Lipinski definition) is 0. The van der Waals surface area contributed by atoms with Gasteiger partial charge < -0.3 is 9.64 Å². The molecule has 1 atom stereocenters. The Morgan fingerprint density at radius 1 is 1.33 bits per heavy atom. The van der Waals surface area contributed by atoms with Crippen LogP contribution in [0.15, 0.2) is 24.5 Å². The van der Waals surface area contributed by atoms with Gasteiger partial charge in [0.1, 0.15) is 5.82 Å². The molecule has 0 aliphatic carbocycles. The average molecular weight is 329 g/mol. The number of hydrogen-bond acceptors (Lipinski definition) is 7. The number of methoxy groups -OCH3 is 1. The second-order valence-electron chi connectivity index (χ2n) is 5.78. The lowest BCUT2D eigenvalue weighted by Crippen LogP contribution is -2.37. The van der Waals surface area contributed by atoms with Gasteiger partial charge in [-0.15, -0.1) is 5.10 Å². The Kier molecular flexibility index (Phi) is 4.54. The first-order chi connectivity index (χ1) is 11.6. The van der Waals surface area contributed by atoms with Crippen LogP contribution in [0.25, 0.3) is 0 Å². The summed E-state index contributed by atoms with van der Waals surface area (Å²) in [5, 5.41) is 7.91. The van der Waals surface area contributed by atoms with Crippen molar-refractivity contribution in [3.8, 4) is 0 Å². The monoisotopic (exact) mass is 329 g/mol. The lowest BCUT2D eigenvalue weighted by Gasteiger charge is -2.33. The molecule has 24 heavy (non-hydrogen) atoms. The summed E-state index contributed by atoms with van der Waals surface area (Å²) in [4.78, 5) is 29.4. The predicted molar refractivity (Wildman–Crippen MR) is 86.1 cm³/mol. The first kappa shape index (κ1) is 16.1. The van der Waals surface area contributed by atoms with E-state index in [0.717, 1.165) is 31.7 Å². The van der Waals surface area contributed by atoms with Crippen molar-refractivity contribution in [1.29, 1.82) is 0 Å². The molecule has 0 radical (unpaired) electrons. The van der Waals surface area contributed by atoms with Crippen LogP contribution in [-0.4, -0.2) is 51.9 Å². The molecule has 1 aliphatic heterocycles. The number of carbonyl (C=O) groups is 2. The number of ether oxygens (including phenoxy) is 1. The van der Waals surface area contributed by atoms with E-state index in [1.807, 2.05) is 6.07 Å². The van der Waals surface area contributed by atoms with E-state index in [2.05, 4.69) is 24.9 Å². The molecule has 1 saturated heterocycles. The molecule has 0 N–H and O–H groups in total. The maximum atomic E-state index is 11.5. The number of rotatable bonds is 4. The molecule has 0 aromatic carbocycles. The fraction of sp³-hybridized carbons (Fsp3) is 0.438. The van der Waals surface area contributed by atoms with E-state index in [-0.39, 0.29) is 17.5 Å². The van der Waals surface area contributed by atoms with Crippen LogP contribution in [0.2, 0.25) is 0 Å². The highest BCUT2D eigenvalue weighted by Crippen LogP contribution is 2.24. The number of esters is 1. The maximum absolute atomic E-state index is 11.5. The zero-order valence-corrected chi connectivity index (χ0v) is 13.7. The van der Waals surface area contributed by atoms with E-state index in [1.54, 1.807) is 23.1 Å². The summed E-state index contributed by atoms with van der Waals surface area (Å²) < 4.78 is 6.37. The summed E-state index contributed by atoms with van der Waals surface area (Å²) in [7, 11) is 1.32. The van der Waals surface area contributed by atoms with Crippen LogP contribution in [0.3, 0.4) is 0 Å². The summed E-state index contributed by atoms with van der Waals surface area (Å²) in [6.07, 6.45) is 5.15. The van der Waals surface area contributed by atoms with Gasteiger partial charge in [0.15, 0.2) is 11.5 Å². The molecule has 1 fully saturated rings. The third kappa shape index (κ3) is 3.27. The predicted octanol–water partition coefficient (Wildman–Crippen LogP) is 1.50. The van der Waals surface area contributed by atoms with Crippen LogP contribution in [0.4, 0.5) is 5.82 Å². The zero-order chi connectivity index (χ0) is 17.1. The van der Waals surface area contributed by atoms with E-state index >= 15 is 0 Å². The van der Waals surface area contributed by atoms with E-state index < -0.39 is 5.97 Å². The fourth-order valence-electron chi connectivity index (χ4n) is 2.81. The number of carbonyl (C=O) groups excluding carboxylic acids is 2. The van der Waals surface area contributed by atoms with E-state index in [1.165, 1.54) is 14.0 Å². The summed E-state index contributed by atoms with van der Waals surface area (Å²) in [6.45, 7) is 3.13. The first-order valence-electron chi connectivity index (χ1n) is 7.80. The van der Waals surface area contributed by atoms with Crippen molar-refractivity contribution in [1.82, 2.24) is 20.0 Å². The van der Waals surface area contributed by atoms with Crippen molar-refractivity contribution in [2.75, 3.05) is 25.1 Å². The molecular formula is C16H19N5O3. The van der Waals surface area contributed by atoms with Gasteiger partial charge in [-0.1, -0.05) is 5.21 Å². The van der Waals surface area contributed by atoms with Gasteiger partial charge in [-0.25, -0.2) is 14.5 Å². The average Bonchev–Trinajstić information content (AvgIpc) is 3.11. The van der Waals surface area contributed by atoms with Crippen molar-refractivity contribution in [3.63, 3.8) is 0 Å². The fourth-order valence-corrected chi connectivity index (χ4v) is 2.81. The summed E-state index contributed by atoms with van der Waals surface area (Å²) in [5.41, 5.74) is 0.810. The second kappa shape index (κ2) is 6.77. The van der Waals surface area contributed by atoms with Gasteiger partial charge in [0.05, 0.1) is 19.3 Å². The molecule has 0 unspecified atom stereocenters. The minimum absolute atomic E-state index is 0.00326. The van der Waals surface area contributed by atoms with Gasteiger partial charge >= 0.3 is 5.97 Å². The molecule has 0 spiro atoms. The highest BCUT2D eigenvalue weighted by atomic mass is 16.5. The molecular weight excluding hydrogens is 310 g/mol. The highest BCUT2D eigenvalue weighted by Gasteiger charge is 2.24. The quantitative estimate of drug-likeness (QED) is 0.620. The molecule has 126 valence electrons. The number of Topliss-reactive ketones (excluding diaryl/α,β-unsaturated/α-hetero) is 1. The minimum Gasteiger partial charge on any atom is -0.464 e. The van der Waals surface area contributed by atoms with Gasteiger partial charge in [-0.2, -0.15) is 0 Å². The Morgan fingerprint density at radius 3 is 2.83 bits per heavy atom. The minimum atomic E-state index is -0.490. The molecule has 8 nitrogen and oxygen atoms in total. The number of aromatic nitrogens is 4. The molecule has 8 heteroatoms. The van der Waals surface area contributed by atoms with Crippen molar-refractivity contribution in [2.45, 2.75) is 25.8 Å². The Hall–Kier alpha value is -2.77. The number of ketones is 1. The standard InChI is InChI=1S/C16H19N5O3/c1-11(22)12-5-6-15(17-8-12)20-7-3-4-13(9-20)21-10-14(18-19-21)16(23)24-2/h5-6,8,10,13H,3-4,7,9H2,1-2H3/t13-/m0/s1. The summed E-state index contributed by atoms with van der Waals surface area (Å²) in [6, 6.07) is 3.76. The summed E-state index contributed by atoms with van der Waals surface area (Å²) in [5.74, 6) is 0.344. The third-order valence-electron chi connectivity index (χ3n) is 4.15. The van der Waals surface area contributed by atoms with Crippen LogP contribution in [0.5, 0.6) is 0 Å². The van der Waals surface area contributed by atoms with Gasteiger partial charge in [0.2, 0.25) is 0 Å². The van der Waals surface area contributed by atoms with Crippen molar-refractivity contribution >= 4 is 17.6 Å². The van der Waals surface area contributed by atoms with Crippen LogP contribution in [0.1, 0.15) is 46.7 Å². The lowest BCUT2D eigenvalue weighted by molar-refractivity contribution is 0.0593. The summed E-state index contributed by atoms with van der Waals surface area (Å²) >= 11 is 0. The van der Waals surface area contributed by atoms with Crippen molar-refractivity contribution in [3.05, 3.63) is 35.8 Å². The smallest absolute Gasteiger partial charge is 0.360 e. The molecule has 3 heterocycles. The van der Waals surface area contributed by atoms with Gasteiger partial charge in [-0.05, 0) is 31.9 Å². The number of anilines is 1. The zero-order valence-electron chi connectivity index (χ0n) is 13.7. The van der Waals surface area contributed by atoms with Crippen LogP contribution < -0.4 is 4.90 Å². The normalized spacial score (nSPS) is 17.6. The van der Waals surface area contributed by atoms with Gasteiger partial charge in [0, 0.05) is 24.8 Å². The number of nitrogens with zero attached hydrogens (tertiary/aromatic N) is 5. The lowest BCUT2D eigenvalue weighted by atomic mass is 10.1. The Balaban J connectivity index is 1.73. The Bertz CT molecular complexity index is 740. The second-order valence-corrected chi connectivity index (χ2v) is 5.78. The Labute approximate surface area is 139 Å². The molecule has 2 aromatic rings. The van der Waals surface area contributed by atoms with Crippen LogP contribution in [0, 0.1) is 0 Å². The van der Waals surface area contributed by atoms with Gasteiger partial charge in [-0.3, -0.25) is 4.79 Å². The van der Waals surface area contributed by atoms with Crippen LogP contribution in [-0.2, 0) is 4.74 Å². The Morgan fingerprint density at radius 2 is 2.17 bits per heavy atom. The first-order valence-corrected chi connectivity index (χ1v) is 7.80. The van der Waals surface area contributed by atoms with Crippen LogP contribution >= 0.6 is 0 Å². The van der Waals surface area contributed by atoms with E-state index in [0.29, 0.717) is 5.56 Å². The molecule has 0 saturated carbocycles. The topological polar surface area (TPSA) is 90.2 Å². The third-order valence-corrected chi connectivity index (χ3v) is 4.15. The molecule has 0 amide bonds. The van der Waals surface area contributed by atoms with Crippen molar-refractivity contribution in [2.24, 2.45) is 0 Å². The molecule has 1 aliphatic rings. The van der Waals surface area contributed by atoms with E-state index in [4.69, 9.17) is 0 Å². The maximum Gasteiger partial charge on any atom is 0.360 e. The van der Waals surface area contributed by atoms with Crippen molar-refractivity contribution < 1.29 is 14.3 Å². The molecule has 0 bridgehead atoms. The SMILES string of the molecule is COC(=O)c1cn([C@H]2CCCN(c3ccc(C(C)=O)cn3)C2)nn1.